The Morgan fingerprint density at radius 1 is 1.40 bits per heavy atom. The van der Waals surface area contributed by atoms with Crippen molar-refractivity contribution in [3.8, 4) is 0 Å². The highest BCUT2D eigenvalue weighted by Crippen LogP contribution is 2.12. The smallest absolute Gasteiger partial charge is 0.0964 e. The Hall–Kier alpha value is -0.870. The molecule has 4 heteroatoms. The van der Waals surface area contributed by atoms with E-state index in [9.17, 15) is 0 Å². The van der Waals surface area contributed by atoms with Gasteiger partial charge in [0.25, 0.3) is 0 Å². The van der Waals surface area contributed by atoms with E-state index in [2.05, 4.69) is 36.2 Å². The molecule has 1 aliphatic rings. The highest BCUT2D eigenvalue weighted by atomic mass is 32.1. The van der Waals surface area contributed by atoms with E-state index in [1.807, 2.05) is 6.21 Å². The number of quaternary nitrogens is 1. The Morgan fingerprint density at radius 3 is 2.73 bits per heavy atom. The van der Waals surface area contributed by atoms with Gasteiger partial charge >= 0.3 is 0 Å². The van der Waals surface area contributed by atoms with Gasteiger partial charge in [0, 0.05) is 9.75 Å². The van der Waals surface area contributed by atoms with Crippen LogP contribution in [0.25, 0.3) is 0 Å². The highest BCUT2D eigenvalue weighted by molar-refractivity contribution is 7.13. The van der Waals surface area contributed by atoms with Gasteiger partial charge in [0.05, 0.1) is 39.4 Å². The summed E-state index contributed by atoms with van der Waals surface area (Å²) in [5.74, 6) is 0. The predicted molar refractivity (Wildman–Crippen MR) is 64.8 cm³/mol. The molecule has 0 aliphatic carbocycles. The first kappa shape index (κ1) is 10.6. The van der Waals surface area contributed by atoms with Gasteiger partial charge in [-0.25, -0.2) is 0 Å². The molecule has 1 aliphatic heterocycles. The standard InChI is InChI=1S/C11H17N3S/c1-10-3-4-11(15-10)9-12-14-7-5-13(2)6-8-14/h3-4,9H,5-8H2,1-2H3/p+1/b12-9-. The number of rotatable bonds is 2. The second-order valence-corrected chi connectivity index (χ2v) is 5.42. The summed E-state index contributed by atoms with van der Waals surface area (Å²) in [5.41, 5.74) is 0. The van der Waals surface area contributed by atoms with Crippen molar-refractivity contribution in [2.75, 3.05) is 33.2 Å². The molecular formula is C11H18N3S+. The van der Waals surface area contributed by atoms with E-state index in [1.165, 1.54) is 22.8 Å². The first-order chi connectivity index (χ1) is 7.24. The normalized spacial score (nSPS) is 18.9. The molecule has 0 radical (unpaired) electrons. The molecular weight excluding hydrogens is 206 g/mol. The number of thiophene rings is 1. The van der Waals surface area contributed by atoms with Crippen LogP contribution in [0.2, 0.25) is 0 Å². The van der Waals surface area contributed by atoms with Gasteiger partial charge in [0.15, 0.2) is 0 Å². The van der Waals surface area contributed by atoms with Crippen molar-refractivity contribution in [1.29, 1.82) is 0 Å². The fraction of sp³-hybridized carbons (Fsp3) is 0.545. The average Bonchev–Trinajstić information content (AvgIpc) is 2.64. The van der Waals surface area contributed by atoms with E-state index in [1.54, 1.807) is 16.2 Å². The van der Waals surface area contributed by atoms with Crippen LogP contribution in [0, 0.1) is 6.92 Å². The fourth-order valence-electron chi connectivity index (χ4n) is 1.65. The van der Waals surface area contributed by atoms with E-state index in [4.69, 9.17) is 0 Å². The lowest BCUT2D eigenvalue weighted by atomic mass is 10.4. The molecule has 2 heterocycles. The fourth-order valence-corrected chi connectivity index (χ4v) is 2.40. The second-order valence-electron chi connectivity index (χ2n) is 4.10. The monoisotopic (exact) mass is 224 g/mol. The van der Waals surface area contributed by atoms with Crippen molar-refractivity contribution in [2.24, 2.45) is 5.10 Å². The Labute approximate surface area is 95.0 Å². The van der Waals surface area contributed by atoms with Crippen LogP contribution in [-0.4, -0.2) is 44.5 Å². The van der Waals surface area contributed by atoms with Crippen LogP contribution in [0.1, 0.15) is 9.75 Å². The van der Waals surface area contributed by atoms with Crippen molar-refractivity contribution in [3.05, 3.63) is 21.9 Å². The minimum absolute atomic E-state index is 1.08. The zero-order valence-corrected chi connectivity index (χ0v) is 10.2. The van der Waals surface area contributed by atoms with Gasteiger partial charge in [-0.3, -0.25) is 5.01 Å². The lowest BCUT2D eigenvalue weighted by Gasteiger charge is -2.27. The van der Waals surface area contributed by atoms with Crippen molar-refractivity contribution in [1.82, 2.24) is 5.01 Å². The van der Waals surface area contributed by atoms with E-state index < -0.39 is 0 Å². The van der Waals surface area contributed by atoms with Crippen molar-refractivity contribution in [3.63, 3.8) is 0 Å². The SMILES string of the molecule is Cc1ccc(/C=N\N2CC[NH+](C)CC2)s1. The van der Waals surface area contributed by atoms with Crippen molar-refractivity contribution in [2.45, 2.75) is 6.92 Å². The Balaban J connectivity index is 1.89. The Bertz CT molecular complexity index is 337. The lowest BCUT2D eigenvalue weighted by Crippen LogP contribution is -3.11. The topological polar surface area (TPSA) is 20.0 Å². The third kappa shape index (κ3) is 3.04. The zero-order valence-electron chi connectivity index (χ0n) is 9.36. The molecule has 0 atom stereocenters. The van der Waals surface area contributed by atoms with Crippen LogP contribution >= 0.6 is 11.3 Å². The maximum Gasteiger partial charge on any atom is 0.0964 e. The lowest BCUT2D eigenvalue weighted by molar-refractivity contribution is -0.884. The maximum absolute atomic E-state index is 4.51. The number of hydrogen-bond acceptors (Lipinski definition) is 3. The quantitative estimate of drug-likeness (QED) is 0.713. The molecule has 0 amide bonds. The number of piperazine rings is 1. The number of hydrazone groups is 1. The van der Waals surface area contributed by atoms with Crippen LogP contribution in [0.3, 0.4) is 0 Å². The van der Waals surface area contributed by atoms with E-state index in [-0.39, 0.29) is 0 Å². The molecule has 0 saturated carbocycles. The highest BCUT2D eigenvalue weighted by Gasteiger charge is 2.13. The van der Waals surface area contributed by atoms with E-state index in [0.29, 0.717) is 0 Å². The first-order valence-electron chi connectivity index (χ1n) is 5.41. The third-order valence-corrected chi connectivity index (χ3v) is 3.64. The molecule has 0 bridgehead atoms. The van der Waals surface area contributed by atoms with Gasteiger partial charge in [-0.05, 0) is 19.1 Å². The van der Waals surface area contributed by atoms with Crippen LogP contribution < -0.4 is 4.90 Å². The molecule has 1 saturated heterocycles. The predicted octanol–water partition coefficient (Wildman–Crippen LogP) is 0.221. The number of hydrogen-bond donors (Lipinski definition) is 1. The average molecular weight is 224 g/mol. The largest absolute Gasteiger partial charge is 0.334 e. The summed E-state index contributed by atoms with van der Waals surface area (Å²) in [4.78, 5) is 4.20. The van der Waals surface area contributed by atoms with Crippen molar-refractivity contribution < 1.29 is 4.90 Å². The van der Waals surface area contributed by atoms with E-state index in [0.717, 1.165) is 13.1 Å². The summed E-state index contributed by atoms with van der Waals surface area (Å²) in [5, 5.41) is 6.68. The molecule has 2 rings (SSSR count). The molecule has 1 aromatic heterocycles. The van der Waals surface area contributed by atoms with Gasteiger partial charge in [-0.15, -0.1) is 11.3 Å². The Morgan fingerprint density at radius 2 is 2.13 bits per heavy atom. The van der Waals surface area contributed by atoms with E-state index >= 15 is 0 Å². The van der Waals surface area contributed by atoms with Gasteiger partial charge in [-0.1, -0.05) is 0 Å². The minimum Gasteiger partial charge on any atom is -0.334 e. The molecule has 3 nitrogen and oxygen atoms in total. The molecule has 1 fully saturated rings. The number of nitrogens with one attached hydrogen (secondary N) is 1. The molecule has 82 valence electrons. The first-order valence-corrected chi connectivity index (χ1v) is 6.22. The van der Waals surface area contributed by atoms with Crippen LogP contribution in [-0.2, 0) is 0 Å². The summed E-state index contributed by atoms with van der Waals surface area (Å²) in [6.07, 6.45) is 1.98. The van der Waals surface area contributed by atoms with Gasteiger partial charge < -0.3 is 4.90 Å². The summed E-state index contributed by atoms with van der Waals surface area (Å²) in [6.45, 7) is 6.67. The molecule has 0 aromatic carbocycles. The number of nitrogens with zero attached hydrogens (tertiary/aromatic N) is 2. The zero-order chi connectivity index (χ0) is 10.7. The Kier molecular flexibility index (Phi) is 3.38. The summed E-state index contributed by atoms with van der Waals surface area (Å²) < 4.78 is 0. The minimum atomic E-state index is 1.08. The summed E-state index contributed by atoms with van der Waals surface area (Å²) >= 11 is 1.80. The van der Waals surface area contributed by atoms with Crippen LogP contribution in [0.15, 0.2) is 17.2 Å². The molecule has 0 unspecified atom stereocenters. The van der Waals surface area contributed by atoms with Gasteiger partial charge in [0.1, 0.15) is 0 Å². The number of aryl methyl sites for hydroxylation is 1. The second kappa shape index (κ2) is 4.77. The molecule has 1 aromatic rings. The van der Waals surface area contributed by atoms with Gasteiger partial charge in [0.2, 0.25) is 0 Å². The van der Waals surface area contributed by atoms with Crippen LogP contribution in [0.5, 0.6) is 0 Å². The molecule has 15 heavy (non-hydrogen) atoms. The molecule has 0 spiro atoms. The summed E-state index contributed by atoms with van der Waals surface area (Å²) in [6, 6.07) is 4.27. The number of likely N-dealkylation sites (N-methyl/N-ethyl adjacent to an activating group) is 1. The van der Waals surface area contributed by atoms with Crippen molar-refractivity contribution >= 4 is 17.6 Å². The summed E-state index contributed by atoms with van der Waals surface area (Å²) in [7, 11) is 2.24. The third-order valence-electron chi connectivity index (χ3n) is 2.70. The maximum atomic E-state index is 4.51. The van der Waals surface area contributed by atoms with Crippen LogP contribution in [0.4, 0.5) is 0 Å². The molecule has 1 N–H and O–H groups in total. The van der Waals surface area contributed by atoms with Gasteiger partial charge in [-0.2, -0.15) is 5.10 Å².